The van der Waals surface area contributed by atoms with E-state index in [0.29, 0.717) is 0 Å². The van der Waals surface area contributed by atoms with Crippen LogP contribution in [-0.2, 0) is 20.0 Å². The van der Waals surface area contributed by atoms with Gasteiger partial charge in [-0.3, -0.25) is 19.6 Å². The molecule has 0 aromatic heterocycles. The van der Waals surface area contributed by atoms with Crippen molar-refractivity contribution >= 4 is 76.2 Å². The highest BCUT2D eigenvalue weighted by Crippen LogP contribution is 2.38. The summed E-state index contributed by atoms with van der Waals surface area (Å²) < 4.78 is 62.2. The summed E-state index contributed by atoms with van der Waals surface area (Å²) >= 11 is 15.1. The summed E-state index contributed by atoms with van der Waals surface area (Å²) in [4.78, 5) is 9.19. The van der Waals surface area contributed by atoms with Crippen LogP contribution in [-0.4, -0.2) is 28.9 Å². The molecule has 0 amide bonds. The average Bonchev–Trinajstić information content (AvgIpc) is 2.74. The molecule has 0 spiro atoms. The number of rotatable bonds is 8. The summed E-state index contributed by atoms with van der Waals surface area (Å²) in [6, 6.07) is 11.8. The van der Waals surface area contributed by atoms with Crippen molar-refractivity contribution in [3.63, 3.8) is 0 Å². The zero-order chi connectivity index (χ0) is 25.3. The van der Waals surface area contributed by atoms with Crippen LogP contribution in [0.15, 0.2) is 68.9 Å². The van der Waals surface area contributed by atoms with Gasteiger partial charge < -0.3 is 4.74 Å². The molecular weight excluding hydrogens is 597 g/mol. The molecule has 0 saturated heterocycles. The van der Waals surface area contributed by atoms with Crippen LogP contribution in [0.4, 0.5) is 17.1 Å². The summed E-state index contributed by atoms with van der Waals surface area (Å²) in [5, 5.41) is 10.1. The fraction of sp³-hybridized carbons (Fsp3) is 0.0526. The van der Waals surface area contributed by atoms with E-state index in [-0.39, 0.29) is 27.0 Å². The Morgan fingerprint density at radius 3 is 2.09 bits per heavy atom. The van der Waals surface area contributed by atoms with Gasteiger partial charge in [-0.1, -0.05) is 39.1 Å². The number of nitrogens with one attached hydrogen (secondary N) is 2. The molecule has 0 heterocycles. The molecule has 0 unspecified atom stereocenters. The largest absolute Gasteiger partial charge is 0.495 e. The fourth-order valence-corrected chi connectivity index (χ4v) is 6.57. The van der Waals surface area contributed by atoms with Gasteiger partial charge in [0.05, 0.1) is 22.7 Å². The number of nitrogens with zero attached hydrogens (tertiary/aromatic N) is 1. The number of ether oxygens (including phenoxy) is 1. The number of benzene rings is 3. The molecule has 0 bridgehead atoms. The molecule has 0 radical (unpaired) electrons. The smallest absolute Gasteiger partial charge is 0.289 e. The molecule has 0 saturated carbocycles. The van der Waals surface area contributed by atoms with Gasteiger partial charge in [0, 0.05) is 16.2 Å². The first-order chi connectivity index (χ1) is 15.9. The number of methoxy groups -OCH3 is 1. The van der Waals surface area contributed by atoms with E-state index in [9.17, 15) is 26.9 Å². The van der Waals surface area contributed by atoms with Crippen LogP contribution in [0.3, 0.4) is 0 Å². The van der Waals surface area contributed by atoms with Crippen molar-refractivity contribution in [2.45, 2.75) is 9.79 Å². The van der Waals surface area contributed by atoms with E-state index < -0.39 is 40.6 Å². The standard InChI is InChI=1S/C19H14BrCl2N3O7S2/c1-32-16-9-6-13(10-17(16)33(28,29)23-12-4-2-11(20)3-5-12)24-34(30,31)19-14(21)7-8-15(18(19)22)25(26)27/h2-10,23-24H,1H3. The second kappa shape index (κ2) is 9.96. The maximum atomic E-state index is 13.0. The normalized spacial score (nSPS) is 11.6. The summed E-state index contributed by atoms with van der Waals surface area (Å²) in [6.07, 6.45) is 0. The van der Waals surface area contributed by atoms with Crippen molar-refractivity contribution in [3.8, 4) is 5.75 Å². The third kappa shape index (κ3) is 5.55. The topological polar surface area (TPSA) is 145 Å². The van der Waals surface area contributed by atoms with Crippen LogP contribution in [0.1, 0.15) is 0 Å². The molecule has 0 aliphatic rings. The molecule has 3 rings (SSSR count). The van der Waals surface area contributed by atoms with E-state index in [0.717, 1.165) is 22.7 Å². The van der Waals surface area contributed by atoms with Gasteiger partial charge in [0.2, 0.25) is 0 Å². The van der Waals surface area contributed by atoms with Crippen molar-refractivity contribution in [1.29, 1.82) is 0 Å². The first kappa shape index (κ1) is 26.0. The third-order valence-corrected chi connectivity index (χ3v) is 8.61. The molecule has 0 aliphatic heterocycles. The Kier molecular flexibility index (Phi) is 7.62. The number of nitro groups is 1. The summed E-state index contributed by atoms with van der Waals surface area (Å²) in [6.45, 7) is 0. The van der Waals surface area contributed by atoms with Crippen LogP contribution in [0.25, 0.3) is 0 Å². The molecule has 0 atom stereocenters. The zero-order valence-corrected chi connectivity index (χ0v) is 21.7. The van der Waals surface area contributed by atoms with Crippen LogP contribution >= 0.6 is 39.1 Å². The van der Waals surface area contributed by atoms with Gasteiger partial charge in [-0.25, -0.2) is 16.8 Å². The number of halogens is 3. The lowest BCUT2D eigenvalue weighted by Crippen LogP contribution is -2.17. The Balaban J connectivity index is 2.03. The second-order valence-corrected chi connectivity index (χ2v) is 11.5. The van der Waals surface area contributed by atoms with Gasteiger partial charge in [-0.2, -0.15) is 0 Å². The van der Waals surface area contributed by atoms with Crippen molar-refractivity contribution in [3.05, 3.63) is 79.2 Å². The Morgan fingerprint density at radius 1 is 0.912 bits per heavy atom. The molecule has 0 fully saturated rings. The maximum absolute atomic E-state index is 13.0. The van der Waals surface area contributed by atoms with E-state index in [1.165, 1.54) is 31.4 Å². The molecule has 0 aliphatic carbocycles. The van der Waals surface area contributed by atoms with Crippen molar-refractivity contribution in [1.82, 2.24) is 0 Å². The minimum atomic E-state index is -4.56. The first-order valence-electron chi connectivity index (χ1n) is 8.97. The summed E-state index contributed by atoms with van der Waals surface area (Å²) in [5.74, 6) is -0.0565. The van der Waals surface area contributed by atoms with Crippen LogP contribution in [0.2, 0.25) is 10.0 Å². The molecular formula is C19H14BrCl2N3O7S2. The molecule has 180 valence electrons. The number of hydrogen-bond donors (Lipinski definition) is 2. The lowest BCUT2D eigenvalue weighted by Gasteiger charge is -2.15. The predicted octanol–water partition coefficient (Wildman–Crippen LogP) is 5.27. The van der Waals surface area contributed by atoms with E-state index in [2.05, 4.69) is 25.4 Å². The van der Waals surface area contributed by atoms with E-state index in [4.69, 9.17) is 27.9 Å². The van der Waals surface area contributed by atoms with Gasteiger partial charge in [0.25, 0.3) is 25.7 Å². The molecule has 2 N–H and O–H groups in total. The fourth-order valence-electron chi connectivity index (χ4n) is 2.79. The lowest BCUT2D eigenvalue weighted by atomic mass is 10.3. The zero-order valence-electron chi connectivity index (χ0n) is 17.0. The summed E-state index contributed by atoms with van der Waals surface area (Å²) in [5.41, 5.74) is -0.592. The number of hydrogen-bond acceptors (Lipinski definition) is 7. The number of sulfonamides is 2. The molecule has 3 aromatic carbocycles. The van der Waals surface area contributed by atoms with Gasteiger partial charge in [-0.05, 0) is 48.5 Å². The van der Waals surface area contributed by atoms with E-state index in [1.807, 2.05) is 0 Å². The van der Waals surface area contributed by atoms with Gasteiger partial charge in [0.1, 0.15) is 20.6 Å². The minimum Gasteiger partial charge on any atom is -0.495 e. The molecule has 10 nitrogen and oxygen atoms in total. The van der Waals surface area contributed by atoms with Crippen molar-refractivity contribution < 1.29 is 26.5 Å². The van der Waals surface area contributed by atoms with Crippen LogP contribution in [0.5, 0.6) is 5.75 Å². The van der Waals surface area contributed by atoms with Crippen molar-refractivity contribution in [2.24, 2.45) is 0 Å². The van der Waals surface area contributed by atoms with Gasteiger partial charge in [-0.15, -0.1) is 0 Å². The SMILES string of the molecule is COc1ccc(NS(=O)(=O)c2c(Cl)ccc([N+](=O)[O-])c2Cl)cc1S(=O)(=O)Nc1ccc(Br)cc1. The highest BCUT2D eigenvalue weighted by atomic mass is 79.9. The van der Waals surface area contributed by atoms with Gasteiger partial charge in [0.15, 0.2) is 0 Å². The Labute approximate surface area is 213 Å². The highest BCUT2D eigenvalue weighted by molar-refractivity contribution is 9.10. The second-order valence-electron chi connectivity index (χ2n) is 6.55. The Bertz CT molecular complexity index is 1480. The van der Waals surface area contributed by atoms with Crippen molar-refractivity contribution in [2.75, 3.05) is 16.6 Å². The number of anilines is 2. The molecule has 3 aromatic rings. The van der Waals surface area contributed by atoms with E-state index in [1.54, 1.807) is 12.1 Å². The predicted molar refractivity (Wildman–Crippen MR) is 132 cm³/mol. The summed E-state index contributed by atoms with van der Waals surface area (Å²) in [7, 11) is -7.52. The monoisotopic (exact) mass is 609 g/mol. The number of nitro benzene ring substituents is 1. The third-order valence-electron chi connectivity index (χ3n) is 4.30. The van der Waals surface area contributed by atoms with Crippen LogP contribution < -0.4 is 14.2 Å². The maximum Gasteiger partial charge on any atom is 0.289 e. The minimum absolute atomic E-state index is 0.0565. The quantitative estimate of drug-likeness (QED) is 0.261. The first-order valence-corrected chi connectivity index (χ1v) is 13.5. The molecule has 15 heteroatoms. The van der Waals surface area contributed by atoms with E-state index >= 15 is 0 Å². The van der Waals surface area contributed by atoms with Gasteiger partial charge >= 0.3 is 0 Å². The molecule has 34 heavy (non-hydrogen) atoms. The lowest BCUT2D eigenvalue weighted by molar-refractivity contribution is -0.384. The van der Waals surface area contributed by atoms with Crippen LogP contribution in [0, 0.1) is 10.1 Å². The highest BCUT2D eigenvalue weighted by Gasteiger charge is 2.29. The average molecular weight is 611 g/mol. The Morgan fingerprint density at radius 2 is 1.50 bits per heavy atom. The Hall–Kier alpha value is -2.58.